The standard InChI is InChI=1S/C33H27NO2/c1-21-7-2-4-9-25(21)33(36)34-24-16-13-23(14-17-24)32(35)31-12-6-11-27-29-18-15-22-8-3-5-10-26(22)28(29)19-20-30(27)31/h2,4,6-9,11-18,20H,3,5,10,19H2,1H3,(H,34,36). The molecule has 1 N–H and O–H groups in total. The van der Waals surface area contributed by atoms with E-state index in [2.05, 4.69) is 35.7 Å². The normalized spacial score (nSPS) is 13.4. The summed E-state index contributed by atoms with van der Waals surface area (Å²) >= 11 is 0. The summed E-state index contributed by atoms with van der Waals surface area (Å²) in [5.74, 6) is -0.160. The first kappa shape index (κ1) is 22.2. The molecule has 0 saturated carbocycles. The third-order valence-corrected chi connectivity index (χ3v) is 7.41. The van der Waals surface area contributed by atoms with E-state index in [9.17, 15) is 9.59 Å². The van der Waals surface area contributed by atoms with Crippen molar-refractivity contribution in [1.82, 2.24) is 0 Å². The molecule has 0 aromatic heterocycles. The molecule has 36 heavy (non-hydrogen) atoms. The van der Waals surface area contributed by atoms with E-state index in [1.54, 1.807) is 24.3 Å². The second-order valence-electron chi connectivity index (χ2n) is 9.61. The molecule has 0 bridgehead atoms. The number of rotatable bonds is 4. The monoisotopic (exact) mass is 469 g/mol. The van der Waals surface area contributed by atoms with Crippen molar-refractivity contribution in [3.05, 3.63) is 133 Å². The predicted octanol–water partition coefficient (Wildman–Crippen LogP) is 5.22. The number of aryl methyl sites for hydroxylation is 1. The lowest BCUT2D eigenvalue weighted by atomic mass is 9.87. The van der Waals surface area contributed by atoms with Crippen LogP contribution < -0.4 is 15.8 Å². The third kappa shape index (κ3) is 3.87. The van der Waals surface area contributed by atoms with E-state index < -0.39 is 0 Å². The topological polar surface area (TPSA) is 46.2 Å². The lowest BCUT2D eigenvalue weighted by Gasteiger charge is -2.17. The van der Waals surface area contributed by atoms with Crippen LogP contribution in [0.4, 0.5) is 5.69 Å². The van der Waals surface area contributed by atoms with Crippen molar-refractivity contribution >= 4 is 29.5 Å². The minimum atomic E-state index is -0.155. The highest BCUT2D eigenvalue weighted by atomic mass is 16.1. The molecule has 0 unspecified atom stereocenters. The molecule has 2 aliphatic rings. The van der Waals surface area contributed by atoms with Crippen LogP contribution in [0.5, 0.6) is 0 Å². The van der Waals surface area contributed by atoms with Crippen molar-refractivity contribution in [3.8, 4) is 0 Å². The number of benzene rings is 4. The van der Waals surface area contributed by atoms with Crippen LogP contribution >= 0.6 is 0 Å². The average Bonchev–Trinajstić information content (AvgIpc) is 2.92. The fourth-order valence-electron chi connectivity index (χ4n) is 5.53. The summed E-state index contributed by atoms with van der Waals surface area (Å²) < 4.78 is 0. The van der Waals surface area contributed by atoms with E-state index in [0.717, 1.165) is 40.8 Å². The van der Waals surface area contributed by atoms with Gasteiger partial charge in [-0.05, 0) is 101 Å². The maximum Gasteiger partial charge on any atom is 0.255 e. The van der Waals surface area contributed by atoms with Gasteiger partial charge in [-0.25, -0.2) is 0 Å². The zero-order chi connectivity index (χ0) is 24.6. The summed E-state index contributed by atoms with van der Waals surface area (Å²) in [7, 11) is 0. The fraction of sp³-hybridized carbons (Fsp3) is 0.152. The maximum atomic E-state index is 13.6. The number of hydrogen-bond donors (Lipinski definition) is 1. The molecule has 2 aliphatic carbocycles. The number of fused-ring (bicyclic) bond motifs is 4. The summed E-state index contributed by atoms with van der Waals surface area (Å²) in [4.78, 5) is 26.2. The highest BCUT2D eigenvalue weighted by molar-refractivity contribution is 6.10. The molecular formula is C33H27NO2. The quantitative estimate of drug-likeness (QED) is 0.417. The minimum Gasteiger partial charge on any atom is -0.322 e. The Morgan fingerprint density at radius 3 is 2.39 bits per heavy atom. The Balaban J connectivity index is 1.34. The smallest absolute Gasteiger partial charge is 0.255 e. The van der Waals surface area contributed by atoms with Crippen LogP contribution in [0.3, 0.4) is 0 Å². The van der Waals surface area contributed by atoms with Crippen molar-refractivity contribution in [3.63, 3.8) is 0 Å². The Labute approximate surface area is 210 Å². The van der Waals surface area contributed by atoms with E-state index in [1.807, 2.05) is 43.3 Å². The average molecular weight is 470 g/mol. The van der Waals surface area contributed by atoms with Gasteiger partial charge in [-0.3, -0.25) is 9.59 Å². The number of hydrogen-bond acceptors (Lipinski definition) is 2. The van der Waals surface area contributed by atoms with E-state index >= 15 is 0 Å². The summed E-state index contributed by atoms with van der Waals surface area (Å²) in [6.45, 7) is 1.92. The number of ketones is 1. The third-order valence-electron chi connectivity index (χ3n) is 7.41. The van der Waals surface area contributed by atoms with Gasteiger partial charge in [0.15, 0.2) is 5.78 Å². The Morgan fingerprint density at radius 1 is 0.750 bits per heavy atom. The first-order valence-corrected chi connectivity index (χ1v) is 12.6. The first-order valence-electron chi connectivity index (χ1n) is 12.6. The zero-order valence-corrected chi connectivity index (χ0v) is 20.3. The van der Waals surface area contributed by atoms with Crippen LogP contribution in [0.25, 0.3) is 12.2 Å². The molecule has 0 spiro atoms. The molecule has 6 rings (SSSR count). The van der Waals surface area contributed by atoms with Crippen LogP contribution in [0.15, 0.2) is 78.9 Å². The molecule has 3 nitrogen and oxygen atoms in total. The first-order chi connectivity index (χ1) is 17.6. The second-order valence-corrected chi connectivity index (χ2v) is 9.61. The van der Waals surface area contributed by atoms with E-state index in [1.165, 1.54) is 28.0 Å². The van der Waals surface area contributed by atoms with Crippen molar-refractivity contribution in [1.29, 1.82) is 0 Å². The predicted molar refractivity (Wildman–Crippen MR) is 144 cm³/mol. The zero-order valence-electron chi connectivity index (χ0n) is 20.3. The highest BCUT2D eigenvalue weighted by Crippen LogP contribution is 2.19. The van der Waals surface area contributed by atoms with Crippen molar-refractivity contribution in [2.45, 2.75) is 32.6 Å². The largest absolute Gasteiger partial charge is 0.322 e. The molecule has 4 aromatic rings. The van der Waals surface area contributed by atoms with Gasteiger partial charge in [0.2, 0.25) is 0 Å². The Morgan fingerprint density at radius 2 is 1.56 bits per heavy atom. The lowest BCUT2D eigenvalue weighted by Crippen LogP contribution is -2.23. The molecule has 4 aromatic carbocycles. The Bertz CT molecular complexity index is 1750. The summed E-state index contributed by atoms with van der Waals surface area (Å²) in [5.41, 5.74) is 6.44. The van der Waals surface area contributed by atoms with Crippen LogP contribution in [-0.2, 0) is 12.8 Å². The molecule has 0 aliphatic heterocycles. The number of carbonyl (C=O) groups is 2. The van der Waals surface area contributed by atoms with Crippen LogP contribution in [-0.4, -0.2) is 11.7 Å². The molecule has 0 fully saturated rings. The van der Waals surface area contributed by atoms with Gasteiger partial charge in [0, 0.05) is 22.4 Å². The van der Waals surface area contributed by atoms with E-state index in [-0.39, 0.29) is 11.7 Å². The molecule has 0 heterocycles. The van der Waals surface area contributed by atoms with Gasteiger partial charge in [-0.2, -0.15) is 0 Å². The van der Waals surface area contributed by atoms with Gasteiger partial charge in [-0.1, -0.05) is 60.7 Å². The van der Waals surface area contributed by atoms with Crippen LogP contribution in [0.2, 0.25) is 0 Å². The van der Waals surface area contributed by atoms with Crippen molar-refractivity contribution in [2.75, 3.05) is 5.32 Å². The van der Waals surface area contributed by atoms with Crippen LogP contribution in [0, 0.1) is 17.4 Å². The van der Waals surface area contributed by atoms with Gasteiger partial charge in [0.1, 0.15) is 0 Å². The molecular weight excluding hydrogens is 442 g/mol. The Hall–Kier alpha value is -4.24. The number of anilines is 1. The van der Waals surface area contributed by atoms with Gasteiger partial charge >= 0.3 is 0 Å². The number of carbonyl (C=O) groups excluding carboxylic acids is 2. The second kappa shape index (κ2) is 9.09. The maximum absolute atomic E-state index is 13.6. The number of amides is 1. The van der Waals surface area contributed by atoms with E-state index in [0.29, 0.717) is 16.8 Å². The summed E-state index contributed by atoms with van der Waals surface area (Å²) in [5, 5.41) is 7.72. The molecule has 1 amide bonds. The van der Waals surface area contributed by atoms with Gasteiger partial charge in [0.25, 0.3) is 5.91 Å². The van der Waals surface area contributed by atoms with Crippen molar-refractivity contribution < 1.29 is 9.59 Å². The molecule has 0 atom stereocenters. The van der Waals surface area contributed by atoms with E-state index in [4.69, 9.17) is 0 Å². The van der Waals surface area contributed by atoms with Gasteiger partial charge in [-0.15, -0.1) is 0 Å². The SMILES string of the molecule is Cc1ccccc1C(=O)Nc1ccc(C(=O)c2cccc3c2=CCc2c4c(ccc2=3)=CCCC4)cc1. The summed E-state index contributed by atoms with van der Waals surface area (Å²) in [6, 6.07) is 25.2. The van der Waals surface area contributed by atoms with Crippen molar-refractivity contribution in [2.24, 2.45) is 0 Å². The van der Waals surface area contributed by atoms with Gasteiger partial charge in [0.05, 0.1) is 0 Å². The molecule has 3 heteroatoms. The minimum absolute atomic E-state index is 0.00498. The highest BCUT2D eigenvalue weighted by Gasteiger charge is 2.16. The van der Waals surface area contributed by atoms with Gasteiger partial charge < -0.3 is 5.32 Å². The molecule has 0 saturated heterocycles. The molecule has 176 valence electrons. The summed E-state index contributed by atoms with van der Waals surface area (Å²) in [6.07, 6.45) is 8.91. The molecule has 0 radical (unpaired) electrons. The Kier molecular flexibility index (Phi) is 5.61. The fourth-order valence-corrected chi connectivity index (χ4v) is 5.53. The number of nitrogens with one attached hydrogen (secondary N) is 1. The van der Waals surface area contributed by atoms with Crippen LogP contribution in [0.1, 0.15) is 55.8 Å². The lowest BCUT2D eigenvalue weighted by molar-refractivity contribution is 0.102.